The van der Waals surface area contributed by atoms with Crippen LogP contribution in [-0.2, 0) is 4.84 Å². The molecule has 0 spiro atoms. The van der Waals surface area contributed by atoms with Gasteiger partial charge in [0.1, 0.15) is 6.54 Å². The van der Waals surface area contributed by atoms with E-state index in [0.29, 0.717) is 0 Å². The molecule has 0 aromatic heterocycles. The predicted octanol–water partition coefficient (Wildman–Crippen LogP) is -0.703. The Morgan fingerprint density at radius 2 is 2.10 bits per heavy atom. The van der Waals surface area contributed by atoms with Gasteiger partial charge in [0.15, 0.2) is 6.61 Å². The molecule has 0 aliphatic carbocycles. The molecule has 0 unspecified atom stereocenters. The fraction of sp³-hybridized carbons (Fsp3) is 0.857. The maximum atomic E-state index is 4.79. The van der Waals surface area contributed by atoms with Crippen LogP contribution in [-0.4, -0.2) is 33.0 Å². The first kappa shape index (κ1) is 7.54. The van der Waals surface area contributed by atoms with Crippen LogP contribution in [0.4, 0.5) is 0 Å². The number of nitrogens with zero attached hydrogens (tertiary/aromatic N) is 1. The molecule has 1 saturated heterocycles. The van der Waals surface area contributed by atoms with Gasteiger partial charge in [-0.25, -0.2) is 0 Å². The molecule has 0 aromatic carbocycles. The van der Waals surface area contributed by atoms with E-state index in [-0.39, 0.29) is 0 Å². The zero-order chi connectivity index (χ0) is 7.23. The molecule has 0 bridgehead atoms. The van der Waals surface area contributed by atoms with E-state index < -0.39 is 0 Å². The van der Waals surface area contributed by atoms with Crippen LogP contribution in [0.5, 0.6) is 0 Å². The van der Waals surface area contributed by atoms with Crippen LogP contribution in [0.25, 0.3) is 0 Å². The van der Waals surface area contributed by atoms with Crippen LogP contribution in [0.3, 0.4) is 0 Å². The van der Waals surface area contributed by atoms with Crippen LogP contribution < -0.4 is 4.90 Å². The average Bonchev–Trinajstić information content (AvgIpc) is 2.41. The number of rotatable bonds is 4. The van der Waals surface area contributed by atoms with Gasteiger partial charge >= 0.3 is 0 Å². The minimum absolute atomic E-state index is 0.721. The summed E-state index contributed by atoms with van der Waals surface area (Å²) in [6, 6.07) is 0. The zero-order valence-corrected chi connectivity index (χ0v) is 6.31. The quantitative estimate of drug-likeness (QED) is 0.314. The summed E-state index contributed by atoms with van der Waals surface area (Å²) in [6.45, 7) is 7.66. The highest BCUT2D eigenvalue weighted by Gasteiger charge is 2.14. The SMILES string of the molecule is C=NOCC[NH+]1CCCC1. The lowest BCUT2D eigenvalue weighted by Crippen LogP contribution is -3.10. The van der Waals surface area contributed by atoms with Crippen LogP contribution >= 0.6 is 0 Å². The topological polar surface area (TPSA) is 26.0 Å². The Bertz CT molecular complexity index is 99.8. The zero-order valence-electron chi connectivity index (χ0n) is 6.31. The minimum atomic E-state index is 0.721. The monoisotopic (exact) mass is 143 g/mol. The van der Waals surface area contributed by atoms with Gasteiger partial charge in [-0.3, -0.25) is 0 Å². The van der Waals surface area contributed by atoms with Crippen molar-refractivity contribution in [2.75, 3.05) is 26.2 Å². The normalized spacial score (nSPS) is 19.2. The highest BCUT2D eigenvalue weighted by atomic mass is 16.6. The van der Waals surface area contributed by atoms with Crippen molar-refractivity contribution in [3.05, 3.63) is 0 Å². The van der Waals surface area contributed by atoms with Gasteiger partial charge in [-0.1, -0.05) is 0 Å². The fourth-order valence-corrected chi connectivity index (χ4v) is 1.38. The lowest BCUT2D eigenvalue weighted by molar-refractivity contribution is -0.887. The van der Waals surface area contributed by atoms with Crippen molar-refractivity contribution < 1.29 is 9.74 Å². The minimum Gasteiger partial charge on any atom is -0.390 e. The van der Waals surface area contributed by atoms with Gasteiger partial charge in [0, 0.05) is 19.6 Å². The number of likely N-dealkylation sites (tertiary alicyclic amines) is 1. The summed E-state index contributed by atoms with van der Waals surface area (Å²) in [6.07, 6.45) is 2.74. The van der Waals surface area contributed by atoms with E-state index in [1.165, 1.54) is 25.9 Å². The second-order valence-electron chi connectivity index (χ2n) is 2.67. The van der Waals surface area contributed by atoms with Gasteiger partial charge in [0.2, 0.25) is 0 Å². The third-order valence-corrected chi connectivity index (χ3v) is 1.95. The van der Waals surface area contributed by atoms with Crippen molar-refractivity contribution in [1.82, 2.24) is 0 Å². The highest BCUT2D eigenvalue weighted by molar-refractivity contribution is 5.21. The Morgan fingerprint density at radius 1 is 1.40 bits per heavy atom. The van der Waals surface area contributed by atoms with Crippen LogP contribution in [0, 0.1) is 0 Å². The van der Waals surface area contributed by atoms with Gasteiger partial charge in [-0.2, -0.15) is 0 Å². The molecule has 1 rings (SSSR count). The van der Waals surface area contributed by atoms with E-state index in [1.807, 2.05) is 0 Å². The Labute approximate surface area is 61.6 Å². The second-order valence-corrected chi connectivity index (χ2v) is 2.67. The summed E-state index contributed by atoms with van der Waals surface area (Å²) in [5, 5.41) is 3.33. The second kappa shape index (κ2) is 4.28. The predicted molar refractivity (Wildman–Crippen MR) is 40.3 cm³/mol. The van der Waals surface area contributed by atoms with Crippen molar-refractivity contribution in [3.63, 3.8) is 0 Å². The number of hydrogen-bond acceptors (Lipinski definition) is 2. The van der Waals surface area contributed by atoms with Crippen molar-refractivity contribution in [1.29, 1.82) is 0 Å². The molecule has 0 radical (unpaired) electrons. The average molecular weight is 143 g/mol. The highest BCUT2D eigenvalue weighted by Crippen LogP contribution is 1.86. The first-order valence-corrected chi connectivity index (χ1v) is 3.85. The third-order valence-electron chi connectivity index (χ3n) is 1.95. The summed E-state index contributed by atoms with van der Waals surface area (Å²) in [5.74, 6) is 0. The largest absolute Gasteiger partial charge is 0.390 e. The maximum absolute atomic E-state index is 4.79. The number of oxime groups is 1. The summed E-state index contributed by atoms with van der Waals surface area (Å²) in [7, 11) is 0. The fourth-order valence-electron chi connectivity index (χ4n) is 1.38. The maximum Gasteiger partial charge on any atom is 0.165 e. The van der Waals surface area contributed by atoms with E-state index >= 15 is 0 Å². The molecule has 1 fully saturated rings. The van der Waals surface area contributed by atoms with Crippen LogP contribution in [0.1, 0.15) is 12.8 Å². The molecule has 1 aliphatic rings. The molecule has 0 aromatic rings. The first-order chi connectivity index (χ1) is 4.93. The molecule has 10 heavy (non-hydrogen) atoms. The van der Waals surface area contributed by atoms with E-state index in [4.69, 9.17) is 4.84 Å². The smallest absolute Gasteiger partial charge is 0.165 e. The molecule has 1 heterocycles. The molecule has 1 N–H and O–H groups in total. The molecule has 0 saturated carbocycles. The van der Waals surface area contributed by atoms with Crippen LogP contribution in [0.15, 0.2) is 5.16 Å². The molecule has 0 amide bonds. The number of nitrogens with one attached hydrogen (secondary N) is 1. The molecule has 1 aliphatic heterocycles. The van der Waals surface area contributed by atoms with E-state index in [1.54, 1.807) is 4.90 Å². The van der Waals surface area contributed by atoms with Crippen molar-refractivity contribution in [2.45, 2.75) is 12.8 Å². The number of quaternary nitrogens is 1. The van der Waals surface area contributed by atoms with Gasteiger partial charge < -0.3 is 9.74 Å². The van der Waals surface area contributed by atoms with E-state index in [2.05, 4.69) is 11.9 Å². The Hall–Kier alpha value is -0.570. The van der Waals surface area contributed by atoms with Crippen LogP contribution in [0.2, 0.25) is 0 Å². The summed E-state index contributed by atoms with van der Waals surface area (Å²) in [5.41, 5.74) is 0. The van der Waals surface area contributed by atoms with Gasteiger partial charge in [0.05, 0.1) is 13.1 Å². The molecule has 0 atom stereocenters. The molecule has 58 valence electrons. The van der Waals surface area contributed by atoms with E-state index in [0.717, 1.165) is 13.2 Å². The first-order valence-electron chi connectivity index (χ1n) is 3.85. The van der Waals surface area contributed by atoms with Crippen molar-refractivity contribution >= 4 is 6.72 Å². The van der Waals surface area contributed by atoms with Gasteiger partial charge in [0.25, 0.3) is 0 Å². The van der Waals surface area contributed by atoms with E-state index in [9.17, 15) is 0 Å². The van der Waals surface area contributed by atoms with Crippen molar-refractivity contribution in [2.24, 2.45) is 5.16 Å². The van der Waals surface area contributed by atoms with Crippen molar-refractivity contribution in [3.8, 4) is 0 Å². The Morgan fingerprint density at radius 3 is 2.70 bits per heavy atom. The molecule has 3 nitrogen and oxygen atoms in total. The molecular formula is C7H15N2O+. The van der Waals surface area contributed by atoms with Gasteiger partial charge in [-0.05, 0) is 0 Å². The molecular weight excluding hydrogens is 128 g/mol. The lowest BCUT2D eigenvalue weighted by atomic mass is 10.4. The summed E-state index contributed by atoms with van der Waals surface area (Å²) < 4.78 is 0. The number of hydrogen-bond donors (Lipinski definition) is 1. The molecule has 3 heteroatoms. The summed E-state index contributed by atoms with van der Waals surface area (Å²) >= 11 is 0. The lowest BCUT2D eigenvalue weighted by Gasteiger charge is -2.09. The Kier molecular flexibility index (Phi) is 3.22. The Balaban J connectivity index is 1.96. The van der Waals surface area contributed by atoms with Gasteiger partial charge in [-0.15, -0.1) is 5.16 Å². The summed E-state index contributed by atoms with van der Waals surface area (Å²) in [4.78, 5) is 6.43. The standard InChI is InChI=1S/C7H14N2O/c1-8-10-7-6-9-4-2-3-5-9/h1-7H2/p+1. The third kappa shape index (κ3) is 2.35.